The number of aromatic nitrogens is 3. The van der Waals surface area contributed by atoms with Gasteiger partial charge >= 0.3 is 0 Å². The summed E-state index contributed by atoms with van der Waals surface area (Å²) in [6.45, 7) is 3.95. The van der Waals surface area contributed by atoms with E-state index in [-0.39, 0.29) is 10.8 Å². The smallest absolute Gasteiger partial charge is 0.260 e. The lowest BCUT2D eigenvalue weighted by Gasteiger charge is -2.30. The maximum Gasteiger partial charge on any atom is 0.260 e. The van der Waals surface area contributed by atoms with E-state index >= 15 is 0 Å². The van der Waals surface area contributed by atoms with Crippen LogP contribution < -0.4 is 9.64 Å². The van der Waals surface area contributed by atoms with Crippen molar-refractivity contribution in [1.82, 2.24) is 19.1 Å². The predicted octanol–water partition coefficient (Wildman–Crippen LogP) is 4.27. The second-order valence-corrected chi connectivity index (χ2v) is 12.1. The number of carbonyl (C=O) groups excluding carboxylic acids is 1. The van der Waals surface area contributed by atoms with E-state index in [1.54, 1.807) is 39.3 Å². The number of sulfonamides is 1. The second kappa shape index (κ2) is 10.6. The van der Waals surface area contributed by atoms with Gasteiger partial charge in [0.2, 0.25) is 10.0 Å². The van der Waals surface area contributed by atoms with Gasteiger partial charge in [0.1, 0.15) is 5.75 Å². The SMILES string of the molecule is COc1ccc2nc(N(CCn3cccn3)C(=O)c3ccc(S(=O)(=O)N4CCCC(C)C4)cc3)sc2c1. The van der Waals surface area contributed by atoms with E-state index in [1.165, 1.54) is 23.5 Å². The average Bonchev–Trinajstić information content (AvgIpc) is 3.58. The number of hydrogen-bond acceptors (Lipinski definition) is 7. The van der Waals surface area contributed by atoms with Crippen LogP contribution in [0.2, 0.25) is 0 Å². The Morgan fingerprint density at radius 1 is 1.22 bits per heavy atom. The third-order valence-electron chi connectivity index (χ3n) is 6.53. The number of thiazole rings is 1. The van der Waals surface area contributed by atoms with E-state index in [2.05, 4.69) is 12.0 Å². The van der Waals surface area contributed by atoms with E-state index in [0.29, 0.717) is 42.8 Å². The molecule has 1 aliphatic rings. The number of methoxy groups -OCH3 is 1. The number of fused-ring (bicyclic) bond motifs is 1. The molecule has 37 heavy (non-hydrogen) atoms. The lowest BCUT2D eigenvalue weighted by atomic mass is 10.0. The largest absolute Gasteiger partial charge is 0.497 e. The van der Waals surface area contributed by atoms with Crippen LogP contribution in [0.5, 0.6) is 5.75 Å². The minimum absolute atomic E-state index is 0.202. The molecule has 0 N–H and O–H groups in total. The van der Waals surface area contributed by atoms with Crippen molar-refractivity contribution in [2.75, 3.05) is 31.6 Å². The van der Waals surface area contributed by atoms with Gasteiger partial charge in [-0.25, -0.2) is 13.4 Å². The van der Waals surface area contributed by atoms with Crippen molar-refractivity contribution >= 4 is 42.6 Å². The van der Waals surface area contributed by atoms with E-state index < -0.39 is 10.0 Å². The number of anilines is 1. The highest BCUT2D eigenvalue weighted by atomic mass is 32.2. The van der Waals surface area contributed by atoms with Crippen molar-refractivity contribution in [1.29, 1.82) is 0 Å². The Morgan fingerprint density at radius 2 is 2.03 bits per heavy atom. The predicted molar refractivity (Wildman–Crippen MR) is 144 cm³/mol. The molecule has 5 rings (SSSR count). The standard InChI is InChI=1S/C26H29N5O4S2/c1-19-5-3-14-30(18-19)37(33,34)22-9-6-20(7-10-22)25(32)31(16-15-29-13-4-12-27-29)26-28-23-11-8-21(35-2)17-24(23)36-26/h4,6-13,17,19H,3,5,14-16,18H2,1-2H3. The van der Waals surface area contributed by atoms with Crippen molar-refractivity contribution < 1.29 is 17.9 Å². The Hall–Kier alpha value is -3.28. The molecule has 1 saturated heterocycles. The molecule has 0 spiro atoms. The van der Waals surface area contributed by atoms with E-state index in [0.717, 1.165) is 28.8 Å². The van der Waals surface area contributed by atoms with Crippen molar-refractivity contribution in [2.24, 2.45) is 5.92 Å². The molecule has 1 amide bonds. The molecular weight excluding hydrogens is 510 g/mol. The van der Waals surface area contributed by atoms with Crippen molar-refractivity contribution in [3.63, 3.8) is 0 Å². The van der Waals surface area contributed by atoms with Gasteiger partial charge in [-0.15, -0.1) is 0 Å². The van der Waals surface area contributed by atoms with Crippen LogP contribution in [0.4, 0.5) is 5.13 Å². The van der Waals surface area contributed by atoms with Crippen LogP contribution in [0, 0.1) is 5.92 Å². The fraction of sp³-hybridized carbons (Fsp3) is 0.346. The number of ether oxygens (including phenoxy) is 1. The molecule has 0 aliphatic carbocycles. The summed E-state index contributed by atoms with van der Waals surface area (Å²) >= 11 is 1.40. The third kappa shape index (κ3) is 5.39. The number of piperidine rings is 1. The first kappa shape index (κ1) is 25.4. The van der Waals surface area contributed by atoms with Crippen LogP contribution in [0.15, 0.2) is 65.8 Å². The summed E-state index contributed by atoms with van der Waals surface area (Å²) in [6, 6.07) is 13.6. The Balaban J connectivity index is 1.42. The first-order chi connectivity index (χ1) is 17.8. The highest BCUT2D eigenvalue weighted by molar-refractivity contribution is 7.89. The number of nitrogens with zero attached hydrogens (tertiary/aromatic N) is 5. The molecule has 0 saturated carbocycles. The molecule has 0 radical (unpaired) electrons. The highest BCUT2D eigenvalue weighted by Crippen LogP contribution is 2.32. The van der Waals surface area contributed by atoms with Gasteiger partial charge in [0.05, 0.1) is 28.8 Å². The van der Waals surface area contributed by atoms with Gasteiger partial charge in [0, 0.05) is 37.6 Å². The zero-order chi connectivity index (χ0) is 26.0. The van der Waals surface area contributed by atoms with E-state index in [4.69, 9.17) is 9.72 Å². The second-order valence-electron chi connectivity index (χ2n) is 9.19. The molecule has 2 aromatic heterocycles. The molecule has 2 aromatic carbocycles. The van der Waals surface area contributed by atoms with Crippen LogP contribution >= 0.6 is 11.3 Å². The van der Waals surface area contributed by atoms with E-state index in [1.807, 2.05) is 30.5 Å². The van der Waals surface area contributed by atoms with Crippen LogP contribution in [-0.2, 0) is 16.6 Å². The summed E-state index contributed by atoms with van der Waals surface area (Å²) in [6.07, 6.45) is 5.42. The maximum atomic E-state index is 13.7. The molecule has 4 aromatic rings. The topological polar surface area (TPSA) is 97.6 Å². The van der Waals surface area contributed by atoms with Gasteiger partial charge < -0.3 is 4.74 Å². The molecule has 0 bridgehead atoms. The van der Waals surface area contributed by atoms with Crippen molar-refractivity contribution in [3.05, 3.63) is 66.5 Å². The molecule has 1 atom stereocenters. The summed E-state index contributed by atoms with van der Waals surface area (Å²) in [4.78, 5) is 20.2. The fourth-order valence-corrected chi connectivity index (χ4v) is 7.11. The van der Waals surface area contributed by atoms with Crippen molar-refractivity contribution in [3.8, 4) is 5.75 Å². The monoisotopic (exact) mass is 539 g/mol. The number of rotatable bonds is 8. The van der Waals surface area contributed by atoms with Crippen molar-refractivity contribution in [2.45, 2.75) is 31.2 Å². The summed E-state index contributed by atoms with van der Waals surface area (Å²) in [5.41, 5.74) is 1.16. The number of carbonyl (C=O) groups is 1. The molecule has 3 heterocycles. The summed E-state index contributed by atoms with van der Waals surface area (Å²) < 4.78 is 35.8. The molecule has 1 unspecified atom stereocenters. The number of benzene rings is 2. The highest BCUT2D eigenvalue weighted by Gasteiger charge is 2.29. The molecule has 11 heteroatoms. The minimum atomic E-state index is -3.60. The Kier molecular flexibility index (Phi) is 7.27. The zero-order valence-corrected chi connectivity index (χ0v) is 22.4. The normalized spacial score (nSPS) is 16.6. The molecule has 9 nitrogen and oxygen atoms in total. The van der Waals surface area contributed by atoms with Crippen LogP contribution in [-0.4, -0.2) is 60.1 Å². The van der Waals surface area contributed by atoms with Crippen LogP contribution in [0.25, 0.3) is 10.2 Å². The molecule has 1 fully saturated rings. The number of amides is 1. The number of hydrogen-bond donors (Lipinski definition) is 0. The fourth-order valence-electron chi connectivity index (χ4n) is 4.49. The first-order valence-electron chi connectivity index (χ1n) is 12.2. The lowest BCUT2D eigenvalue weighted by molar-refractivity contribution is 0.0985. The van der Waals surface area contributed by atoms with Gasteiger partial charge in [0.25, 0.3) is 5.91 Å². The Morgan fingerprint density at radius 3 is 2.73 bits per heavy atom. The quantitative estimate of drug-likeness (QED) is 0.332. The summed E-state index contributed by atoms with van der Waals surface area (Å²) in [5.74, 6) is 0.798. The zero-order valence-electron chi connectivity index (χ0n) is 20.8. The van der Waals surface area contributed by atoms with Gasteiger partial charge in [-0.1, -0.05) is 18.3 Å². The maximum absolute atomic E-state index is 13.7. The van der Waals surface area contributed by atoms with Gasteiger partial charge in [-0.05, 0) is 67.3 Å². The van der Waals surface area contributed by atoms with Crippen LogP contribution in [0.1, 0.15) is 30.1 Å². The van der Waals surface area contributed by atoms with Gasteiger partial charge in [0.15, 0.2) is 5.13 Å². The minimum Gasteiger partial charge on any atom is -0.497 e. The molecule has 1 aliphatic heterocycles. The lowest BCUT2D eigenvalue weighted by Crippen LogP contribution is -2.39. The summed E-state index contributed by atoms with van der Waals surface area (Å²) in [7, 11) is -1.99. The van der Waals surface area contributed by atoms with Crippen LogP contribution in [0.3, 0.4) is 0 Å². The molecule has 194 valence electrons. The Labute approximate surface area is 220 Å². The summed E-state index contributed by atoms with van der Waals surface area (Å²) in [5, 5.41) is 4.80. The third-order valence-corrected chi connectivity index (χ3v) is 9.45. The average molecular weight is 540 g/mol. The Bertz CT molecular complexity index is 1480. The first-order valence-corrected chi connectivity index (χ1v) is 14.4. The van der Waals surface area contributed by atoms with Gasteiger partial charge in [-0.2, -0.15) is 9.40 Å². The molecular formula is C26H29N5O4S2. The van der Waals surface area contributed by atoms with Gasteiger partial charge in [-0.3, -0.25) is 14.4 Å². The van der Waals surface area contributed by atoms with E-state index in [9.17, 15) is 13.2 Å².